The lowest BCUT2D eigenvalue weighted by Gasteiger charge is -2.19. The summed E-state index contributed by atoms with van der Waals surface area (Å²) < 4.78 is 60.0. The second-order valence-electron chi connectivity index (χ2n) is 6.79. The van der Waals surface area contributed by atoms with Crippen molar-refractivity contribution in [2.24, 2.45) is 0 Å². The highest BCUT2D eigenvalue weighted by atomic mass is 32.2. The summed E-state index contributed by atoms with van der Waals surface area (Å²) in [7, 11) is -4.77. The molecule has 0 saturated carbocycles. The van der Waals surface area contributed by atoms with E-state index in [1.165, 1.54) is 32.3 Å². The van der Waals surface area contributed by atoms with Gasteiger partial charge >= 0.3 is 0 Å². The Balaban J connectivity index is 2.01. The molecule has 7 nitrogen and oxygen atoms in total. The Morgan fingerprint density at radius 3 is 2.45 bits per heavy atom. The van der Waals surface area contributed by atoms with Crippen molar-refractivity contribution in [3.05, 3.63) is 58.5 Å². The van der Waals surface area contributed by atoms with E-state index in [1.807, 2.05) is 24.3 Å². The molecule has 0 saturated heterocycles. The van der Waals surface area contributed by atoms with Crippen LogP contribution in [-0.2, 0) is 26.5 Å². The lowest BCUT2D eigenvalue weighted by molar-refractivity contribution is 0.342. The van der Waals surface area contributed by atoms with Crippen molar-refractivity contribution < 1.29 is 21.6 Å². The molecule has 2 aromatic carbocycles. The van der Waals surface area contributed by atoms with Crippen LogP contribution in [0.3, 0.4) is 0 Å². The van der Waals surface area contributed by atoms with Crippen LogP contribution >= 0.6 is 0 Å². The van der Waals surface area contributed by atoms with Crippen LogP contribution < -0.4 is 9.46 Å². The van der Waals surface area contributed by atoms with E-state index >= 15 is 0 Å². The molecule has 0 fully saturated rings. The van der Waals surface area contributed by atoms with E-state index in [2.05, 4.69) is 4.72 Å². The van der Waals surface area contributed by atoms with Gasteiger partial charge in [0.2, 0.25) is 10.0 Å². The van der Waals surface area contributed by atoms with Gasteiger partial charge in [0, 0.05) is 14.1 Å². The normalized spacial score (nSPS) is 14.3. The van der Waals surface area contributed by atoms with Crippen LogP contribution in [0.15, 0.2) is 52.3 Å². The Morgan fingerprint density at radius 1 is 1.03 bits per heavy atom. The molecule has 3 rings (SSSR count). The van der Waals surface area contributed by atoms with Gasteiger partial charge in [0.15, 0.2) is 0 Å². The number of fused-ring (bicyclic) bond motifs is 1. The maximum absolute atomic E-state index is 13.0. The zero-order valence-corrected chi connectivity index (χ0v) is 18.2. The van der Waals surface area contributed by atoms with Crippen LogP contribution in [-0.4, -0.2) is 41.8 Å². The summed E-state index contributed by atoms with van der Waals surface area (Å²) in [5.74, 6) is 0.269. The van der Waals surface area contributed by atoms with Gasteiger partial charge in [0.25, 0.3) is 10.0 Å². The van der Waals surface area contributed by atoms with Crippen LogP contribution in [0.4, 0.5) is 5.69 Å². The third-order valence-corrected chi connectivity index (χ3v) is 7.94. The van der Waals surface area contributed by atoms with E-state index in [-0.39, 0.29) is 21.2 Å². The summed E-state index contributed by atoms with van der Waals surface area (Å²) in [5, 5.41) is 0. The van der Waals surface area contributed by atoms with Crippen molar-refractivity contribution >= 4 is 31.8 Å². The van der Waals surface area contributed by atoms with Gasteiger partial charge in [0.1, 0.15) is 5.75 Å². The van der Waals surface area contributed by atoms with Gasteiger partial charge in [-0.3, -0.25) is 4.72 Å². The van der Waals surface area contributed by atoms with Crippen LogP contribution in [0.25, 0.3) is 6.08 Å². The quantitative estimate of drug-likeness (QED) is 0.720. The number of sulfonamides is 2. The van der Waals surface area contributed by atoms with Crippen molar-refractivity contribution in [1.29, 1.82) is 0 Å². The first-order valence-corrected chi connectivity index (χ1v) is 12.1. The maximum atomic E-state index is 13.0. The average Bonchev–Trinajstić information content (AvgIpc) is 2.68. The molecule has 0 atom stereocenters. The van der Waals surface area contributed by atoms with E-state index < -0.39 is 20.0 Å². The Hall–Kier alpha value is -2.36. The predicted octanol–water partition coefficient (Wildman–Crippen LogP) is 3.06. The number of allylic oxidation sites excluding steroid dienone is 1. The van der Waals surface area contributed by atoms with Gasteiger partial charge in [-0.25, -0.2) is 21.1 Å². The maximum Gasteiger partial charge on any atom is 0.258 e. The molecule has 156 valence electrons. The molecule has 0 heterocycles. The number of aryl methyl sites for hydroxylation is 1. The van der Waals surface area contributed by atoms with Gasteiger partial charge in [-0.05, 0) is 55.2 Å². The second-order valence-corrected chi connectivity index (χ2v) is 10.7. The van der Waals surface area contributed by atoms with E-state index in [0.717, 1.165) is 15.4 Å². The minimum absolute atomic E-state index is 0.0216. The highest BCUT2D eigenvalue weighted by Gasteiger charge is 2.25. The molecular formula is C20H24N2O5S2. The first-order valence-electron chi connectivity index (χ1n) is 9.16. The lowest BCUT2D eigenvalue weighted by atomic mass is 9.98. The standard InChI is InChI=1S/C20H24N2O5S2/c1-4-27-20-12-11-18(29(25,26)22(2)3)14-19(20)21-28(23,24)17-10-9-15-7-5-6-8-16(15)13-17/h5-8,11-14,21H,4,9-10H2,1-3H3. The molecule has 0 unspecified atom stereocenters. The Bertz CT molecular complexity index is 1150. The molecule has 9 heteroatoms. The largest absolute Gasteiger partial charge is 0.492 e. The first kappa shape index (κ1) is 21.4. The number of hydrogen-bond acceptors (Lipinski definition) is 5. The summed E-state index contributed by atoms with van der Waals surface area (Å²) in [6.45, 7) is 2.08. The number of hydrogen-bond donors (Lipinski definition) is 1. The van der Waals surface area contributed by atoms with Gasteiger partial charge in [-0.2, -0.15) is 0 Å². The van der Waals surface area contributed by atoms with Gasteiger partial charge in [-0.1, -0.05) is 24.3 Å². The van der Waals surface area contributed by atoms with Crippen molar-refractivity contribution in [2.45, 2.75) is 24.7 Å². The van der Waals surface area contributed by atoms with Crippen LogP contribution in [0.1, 0.15) is 24.5 Å². The Labute approximate surface area is 172 Å². The minimum Gasteiger partial charge on any atom is -0.492 e. The SMILES string of the molecule is CCOc1ccc(S(=O)(=O)N(C)C)cc1NS(=O)(=O)C1=Cc2ccccc2CC1. The molecule has 0 aromatic heterocycles. The smallest absolute Gasteiger partial charge is 0.258 e. The number of nitrogens with zero attached hydrogens (tertiary/aromatic N) is 1. The Morgan fingerprint density at radius 2 is 1.76 bits per heavy atom. The van der Waals surface area contributed by atoms with E-state index in [9.17, 15) is 16.8 Å². The molecule has 0 bridgehead atoms. The number of anilines is 1. The molecule has 1 aliphatic rings. The summed E-state index contributed by atoms with van der Waals surface area (Å²) in [4.78, 5) is 0.228. The summed E-state index contributed by atoms with van der Waals surface area (Å²) in [6, 6.07) is 11.8. The molecule has 0 radical (unpaired) electrons. The fourth-order valence-electron chi connectivity index (χ4n) is 3.07. The number of benzene rings is 2. The third kappa shape index (κ3) is 4.47. The van der Waals surface area contributed by atoms with Crippen molar-refractivity contribution in [3.8, 4) is 5.75 Å². The lowest BCUT2D eigenvalue weighted by Crippen LogP contribution is -2.23. The van der Waals surface area contributed by atoms with Crippen molar-refractivity contribution in [1.82, 2.24) is 4.31 Å². The van der Waals surface area contributed by atoms with Gasteiger partial charge in [-0.15, -0.1) is 0 Å². The van der Waals surface area contributed by atoms with Crippen LogP contribution in [0.5, 0.6) is 5.75 Å². The molecular weight excluding hydrogens is 412 g/mol. The molecule has 2 aromatic rings. The summed E-state index contributed by atoms with van der Waals surface area (Å²) in [6.07, 6.45) is 2.64. The monoisotopic (exact) mass is 436 g/mol. The zero-order chi connectivity index (χ0) is 21.2. The molecule has 1 N–H and O–H groups in total. The highest BCUT2D eigenvalue weighted by molar-refractivity contribution is 7.96. The van der Waals surface area contributed by atoms with E-state index in [4.69, 9.17) is 4.74 Å². The zero-order valence-electron chi connectivity index (χ0n) is 16.5. The van der Waals surface area contributed by atoms with Gasteiger partial charge in [0.05, 0.1) is 22.1 Å². The second kappa shape index (κ2) is 8.17. The highest BCUT2D eigenvalue weighted by Crippen LogP contribution is 2.33. The molecule has 29 heavy (non-hydrogen) atoms. The predicted molar refractivity (Wildman–Crippen MR) is 114 cm³/mol. The van der Waals surface area contributed by atoms with Crippen molar-refractivity contribution in [2.75, 3.05) is 25.4 Å². The molecule has 0 amide bonds. The van der Waals surface area contributed by atoms with Gasteiger partial charge < -0.3 is 4.74 Å². The average molecular weight is 437 g/mol. The minimum atomic E-state index is -3.88. The fourth-order valence-corrected chi connectivity index (χ4v) is 5.23. The van der Waals surface area contributed by atoms with Crippen molar-refractivity contribution in [3.63, 3.8) is 0 Å². The van der Waals surface area contributed by atoms with E-state index in [0.29, 0.717) is 19.4 Å². The third-order valence-electron chi connectivity index (χ3n) is 4.63. The van der Waals surface area contributed by atoms with Crippen LogP contribution in [0.2, 0.25) is 0 Å². The first-order chi connectivity index (χ1) is 13.6. The van der Waals surface area contributed by atoms with Crippen LogP contribution in [0, 0.1) is 0 Å². The molecule has 0 spiro atoms. The summed E-state index contributed by atoms with van der Waals surface area (Å²) in [5.41, 5.74) is 2.06. The molecule has 1 aliphatic carbocycles. The summed E-state index contributed by atoms with van der Waals surface area (Å²) >= 11 is 0. The molecule has 0 aliphatic heterocycles. The topological polar surface area (TPSA) is 92.8 Å². The Kier molecular flexibility index (Phi) is 6.02. The van der Waals surface area contributed by atoms with E-state index in [1.54, 1.807) is 13.0 Å². The number of rotatable bonds is 7. The number of ether oxygens (including phenoxy) is 1. The fraction of sp³-hybridized carbons (Fsp3) is 0.300. The number of nitrogens with one attached hydrogen (secondary N) is 1.